The van der Waals surface area contributed by atoms with Gasteiger partial charge in [0.05, 0.1) is 13.2 Å². The lowest BCUT2D eigenvalue weighted by atomic mass is 10.5. The van der Waals surface area contributed by atoms with Gasteiger partial charge in [-0.05, 0) is 12.1 Å². The Morgan fingerprint density at radius 2 is 1.29 bits per heavy atom. The van der Waals surface area contributed by atoms with Crippen LogP contribution in [-0.4, -0.2) is 64.9 Å². The summed E-state index contributed by atoms with van der Waals surface area (Å²) >= 11 is 2.93. The first-order chi connectivity index (χ1) is 14.4. The Labute approximate surface area is 186 Å². The van der Waals surface area contributed by atoms with Crippen molar-refractivity contribution in [3.05, 3.63) is 45.5 Å². The van der Waals surface area contributed by atoms with E-state index in [0.717, 1.165) is 0 Å². The molecule has 4 atom stereocenters. The van der Waals surface area contributed by atoms with Gasteiger partial charge in [0.1, 0.15) is 35.0 Å². The van der Waals surface area contributed by atoms with Crippen molar-refractivity contribution in [2.45, 2.75) is 30.8 Å². The molecule has 12 nitrogen and oxygen atoms in total. The van der Waals surface area contributed by atoms with Gasteiger partial charge in [0.15, 0.2) is 0 Å². The average molecular weight is 475 g/mol. The number of aliphatic hydroxyl groups excluding tert-OH is 2. The van der Waals surface area contributed by atoms with Crippen LogP contribution in [0.1, 0.15) is 19.9 Å². The van der Waals surface area contributed by atoms with Gasteiger partial charge in [0, 0.05) is 23.9 Å². The predicted octanol–water partition coefficient (Wildman–Crippen LogP) is -0.552. The molecule has 0 amide bonds. The van der Waals surface area contributed by atoms with Gasteiger partial charge in [-0.2, -0.15) is 9.97 Å². The van der Waals surface area contributed by atoms with E-state index in [4.69, 9.17) is 31.2 Å². The largest absolute Gasteiger partial charge is 0.393 e. The highest BCUT2D eigenvalue weighted by molar-refractivity contribution is 8.00. The molecule has 2 aliphatic heterocycles. The van der Waals surface area contributed by atoms with Gasteiger partial charge in [-0.15, -0.1) is 23.5 Å². The molecule has 0 radical (unpaired) electrons. The highest BCUT2D eigenvalue weighted by Gasteiger charge is 2.28. The molecule has 6 N–H and O–H groups in total. The summed E-state index contributed by atoms with van der Waals surface area (Å²) in [5, 5.41) is 17.8. The van der Waals surface area contributed by atoms with Crippen molar-refractivity contribution < 1.29 is 19.7 Å². The first-order valence-electron chi connectivity index (χ1n) is 8.86. The van der Waals surface area contributed by atoms with Crippen LogP contribution in [0, 0.1) is 0 Å². The Morgan fingerprint density at radius 3 is 1.58 bits per heavy atom. The van der Waals surface area contributed by atoms with E-state index in [9.17, 15) is 9.59 Å². The minimum atomic E-state index is -0.431. The molecule has 2 fully saturated rings. The van der Waals surface area contributed by atoms with Crippen LogP contribution in [0.3, 0.4) is 0 Å². The van der Waals surface area contributed by atoms with Gasteiger partial charge < -0.3 is 31.2 Å². The van der Waals surface area contributed by atoms with Crippen LogP contribution in [0.4, 0.5) is 11.6 Å². The summed E-state index contributed by atoms with van der Waals surface area (Å²) in [5.41, 5.74) is 9.35. The average Bonchev–Trinajstić information content (AvgIpc) is 3.38. The van der Waals surface area contributed by atoms with E-state index in [1.165, 1.54) is 32.7 Å². The van der Waals surface area contributed by atoms with Crippen LogP contribution in [0.15, 0.2) is 34.1 Å². The standard InChI is InChI=1S/2C8H11N3O3S.CH4/c2*9-5-1-2-11(8(13)10-5)6-4-15-7(3-12)14-6;/h2*1-2,6-7,12H,3-4H2,(H2,9,10,13);1H4/t2*6-,7+;/m10./s1. The lowest BCUT2D eigenvalue weighted by Crippen LogP contribution is -2.28. The van der Waals surface area contributed by atoms with Gasteiger partial charge in [-0.25, -0.2) is 9.59 Å². The monoisotopic (exact) mass is 474 g/mol. The summed E-state index contributed by atoms with van der Waals surface area (Å²) in [7, 11) is 0. The maximum Gasteiger partial charge on any atom is 0.351 e. The maximum atomic E-state index is 11.4. The smallest absolute Gasteiger partial charge is 0.351 e. The molecule has 4 heterocycles. The predicted molar refractivity (Wildman–Crippen MR) is 119 cm³/mol. The molecule has 2 aliphatic rings. The highest BCUT2D eigenvalue weighted by atomic mass is 32.2. The number of hydrogen-bond acceptors (Lipinski definition) is 12. The Hall–Kier alpha value is -2.10. The van der Waals surface area contributed by atoms with Crippen molar-refractivity contribution in [1.82, 2.24) is 19.1 Å². The lowest BCUT2D eigenvalue weighted by molar-refractivity contribution is -0.00634. The van der Waals surface area contributed by atoms with Crippen molar-refractivity contribution in [2.75, 3.05) is 36.2 Å². The summed E-state index contributed by atoms with van der Waals surface area (Å²) in [6.45, 7) is -0.114. The molecule has 0 aromatic carbocycles. The van der Waals surface area contributed by atoms with E-state index < -0.39 is 11.4 Å². The van der Waals surface area contributed by atoms with Crippen molar-refractivity contribution in [1.29, 1.82) is 0 Å². The second-order valence-electron chi connectivity index (χ2n) is 6.16. The van der Waals surface area contributed by atoms with Gasteiger partial charge in [-0.1, -0.05) is 7.43 Å². The molecule has 0 saturated carbocycles. The van der Waals surface area contributed by atoms with E-state index in [2.05, 4.69) is 9.97 Å². The SMILES string of the molecule is C.Nc1ccn([C@@H]2CS[C@H](CO)O2)c(=O)n1.Nc1ccn([C@H]2CS[C@@H](CO)O2)c(=O)n1. The van der Waals surface area contributed by atoms with Gasteiger partial charge in [0.25, 0.3) is 0 Å². The number of ether oxygens (including phenoxy) is 2. The first kappa shape index (κ1) is 25.2. The van der Waals surface area contributed by atoms with Crippen LogP contribution < -0.4 is 22.8 Å². The van der Waals surface area contributed by atoms with Crippen LogP contribution in [0.25, 0.3) is 0 Å². The molecule has 4 rings (SSSR count). The van der Waals surface area contributed by atoms with Gasteiger partial charge >= 0.3 is 11.4 Å². The van der Waals surface area contributed by atoms with Crippen molar-refractivity contribution >= 4 is 35.2 Å². The van der Waals surface area contributed by atoms with E-state index in [-0.39, 0.29) is 55.6 Å². The Morgan fingerprint density at radius 1 is 0.903 bits per heavy atom. The van der Waals surface area contributed by atoms with E-state index >= 15 is 0 Å². The second-order valence-corrected chi connectivity index (χ2v) is 8.54. The molecular formula is C17H26N6O6S2. The third kappa shape index (κ3) is 6.44. The lowest BCUT2D eigenvalue weighted by Gasteiger charge is -2.13. The second kappa shape index (κ2) is 11.5. The zero-order chi connectivity index (χ0) is 21.7. The van der Waals surface area contributed by atoms with Crippen LogP contribution in [0.5, 0.6) is 0 Å². The minimum Gasteiger partial charge on any atom is -0.393 e. The molecule has 2 saturated heterocycles. The van der Waals surface area contributed by atoms with Crippen molar-refractivity contribution in [2.24, 2.45) is 0 Å². The summed E-state index contributed by atoms with van der Waals surface area (Å²) in [6, 6.07) is 3.09. The minimum absolute atomic E-state index is 0. The zero-order valence-electron chi connectivity index (χ0n) is 15.7. The van der Waals surface area contributed by atoms with Gasteiger partial charge in [-0.3, -0.25) is 9.13 Å². The van der Waals surface area contributed by atoms with Crippen LogP contribution in [-0.2, 0) is 9.47 Å². The fraction of sp³-hybridized carbons (Fsp3) is 0.529. The molecule has 31 heavy (non-hydrogen) atoms. The van der Waals surface area contributed by atoms with Crippen molar-refractivity contribution in [3.63, 3.8) is 0 Å². The van der Waals surface area contributed by atoms with E-state index in [1.54, 1.807) is 24.5 Å². The summed E-state index contributed by atoms with van der Waals surface area (Å²) in [5.74, 6) is 1.63. The first-order valence-corrected chi connectivity index (χ1v) is 11.0. The molecular weight excluding hydrogens is 448 g/mol. The molecule has 2 aromatic rings. The van der Waals surface area contributed by atoms with Crippen LogP contribution in [0.2, 0.25) is 0 Å². The Bertz CT molecular complexity index is 895. The maximum absolute atomic E-state index is 11.4. The number of rotatable bonds is 4. The normalized spacial score (nSPS) is 24.8. The van der Waals surface area contributed by atoms with E-state index in [1.807, 2.05) is 0 Å². The number of nitrogens with zero attached hydrogens (tertiary/aromatic N) is 4. The molecule has 172 valence electrons. The summed E-state index contributed by atoms with van der Waals surface area (Å²) in [6.07, 6.45) is 2.37. The zero-order valence-corrected chi connectivity index (χ0v) is 17.4. The third-order valence-electron chi connectivity index (χ3n) is 4.09. The topological polar surface area (TPSA) is 181 Å². The number of nitrogens with two attached hydrogens (primary N) is 2. The third-order valence-corrected chi connectivity index (χ3v) is 6.31. The van der Waals surface area contributed by atoms with E-state index in [0.29, 0.717) is 11.5 Å². The fourth-order valence-corrected chi connectivity index (χ4v) is 4.52. The molecule has 2 aromatic heterocycles. The number of anilines is 2. The highest BCUT2D eigenvalue weighted by Crippen LogP contribution is 2.31. The quantitative estimate of drug-likeness (QED) is 0.444. The molecule has 14 heteroatoms. The molecule has 0 bridgehead atoms. The number of aromatic nitrogens is 4. The molecule has 0 spiro atoms. The van der Waals surface area contributed by atoms with Gasteiger partial charge in [0.2, 0.25) is 0 Å². The molecule has 0 unspecified atom stereocenters. The summed E-state index contributed by atoms with van der Waals surface area (Å²) in [4.78, 5) is 30.1. The molecule has 0 aliphatic carbocycles. The number of nitrogen functional groups attached to an aromatic ring is 2. The van der Waals surface area contributed by atoms with Crippen LogP contribution >= 0.6 is 23.5 Å². The fourth-order valence-electron chi connectivity index (χ4n) is 2.66. The Balaban J connectivity index is 0.000000213. The number of hydrogen-bond donors (Lipinski definition) is 4. The number of aliphatic hydroxyl groups is 2. The Kier molecular flexibility index (Phi) is 9.33. The van der Waals surface area contributed by atoms with Crippen molar-refractivity contribution in [3.8, 4) is 0 Å². The summed E-state index contributed by atoms with van der Waals surface area (Å²) < 4.78 is 13.6. The number of thioether (sulfide) groups is 2.